The molecule has 1 amide bonds. The number of hydrogen-bond donors (Lipinski definition) is 3. The van der Waals surface area contributed by atoms with Crippen LogP contribution in [0.1, 0.15) is 17.7 Å². The van der Waals surface area contributed by atoms with Gasteiger partial charge in [0, 0.05) is 36.6 Å². The molecule has 2 aliphatic rings. The molecule has 0 aliphatic carbocycles. The number of hydrogen-bond acceptors (Lipinski definition) is 8. The molecule has 35 heavy (non-hydrogen) atoms. The lowest BCUT2D eigenvalue weighted by atomic mass is 10.00. The molecule has 4 heterocycles. The Bertz CT molecular complexity index is 1240. The quantitative estimate of drug-likeness (QED) is 0.470. The van der Waals surface area contributed by atoms with E-state index in [-0.39, 0.29) is 24.4 Å². The summed E-state index contributed by atoms with van der Waals surface area (Å²) in [6, 6.07) is 9.00. The Kier molecular flexibility index (Phi) is 6.76. The molecular weight excluding hydrogens is 453 g/mol. The Morgan fingerprint density at radius 2 is 2.23 bits per heavy atom. The highest BCUT2D eigenvalue weighted by atomic mass is 19.1. The van der Waals surface area contributed by atoms with Gasteiger partial charge in [-0.05, 0) is 49.7 Å². The highest BCUT2D eigenvalue weighted by Gasteiger charge is 2.28. The Hall–Kier alpha value is -3.34. The van der Waals surface area contributed by atoms with E-state index in [1.807, 2.05) is 24.3 Å². The van der Waals surface area contributed by atoms with E-state index in [9.17, 15) is 14.3 Å². The smallest absolute Gasteiger partial charge is 0.263 e. The molecule has 1 fully saturated rings. The number of aliphatic hydroxyl groups is 1. The van der Waals surface area contributed by atoms with E-state index in [0.717, 1.165) is 29.6 Å². The summed E-state index contributed by atoms with van der Waals surface area (Å²) in [5.74, 6) is 1.08. The number of likely N-dealkylation sites (tertiary alicyclic amines) is 1. The molecule has 0 spiro atoms. The molecule has 10 heteroatoms. The number of fused-ring (bicyclic) bond motifs is 2. The van der Waals surface area contributed by atoms with Crippen LogP contribution >= 0.6 is 0 Å². The first-order valence-electron chi connectivity index (χ1n) is 11.7. The fourth-order valence-corrected chi connectivity index (χ4v) is 4.63. The van der Waals surface area contributed by atoms with Crippen molar-refractivity contribution < 1.29 is 23.8 Å². The first-order valence-corrected chi connectivity index (χ1v) is 11.7. The third-order valence-corrected chi connectivity index (χ3v) is 6.56. The van der Waals surface area contributed by atoms with Crippen molar-refractivity contribution in [3.8, 4) is 11.5 Å². The zero-order valence-corrected chi connectivity index (χ0v) is 19.5. The lowest BCUT2D eigenvalue weighted by Gasteiger charge is -2.36. The Morgan fingerprint density at radius 3 is 3.06 bits per heavy atom. The molecule has 0 saturated carbocycles. The average Bonchev–Trinajstić information content (AvgIpc) is 2.87. The first kappa shape index (κ1) is 23.4. The predicted molar refractivity (Wildman–Crippen MR) is 128 cm³/mol. The van der Waals surface area contributed by atoms with Crippen molar-refractivity contribution in [2.45, 2.75) is 31.5 Å². The molecule has 0 radical (unpaired) electrons. The van der Waals surface area contributed by atoms with Gasteiger partial charge >= 0.3 is 0 Å². The number of pyridine rings is 2. The van der Waals surface area contributed by atoms with Crippen molar-refractivity contribution in [2.24, 2.45) is 0 Å². The van der Waals surface area contributed by atoms with Gasteiger partial charge in [0.25, 0.3) is 5.91 Å². The van der Waals surface area contributed by atoms with E-state index in [2.05, 4.69) is 25.5 Å². The number of nitrogens with zero attached hydrogens (tertiary/aromatic N) is 3. The number of benzene rings is 1. The second kappa shape index (κ2) is 10.1. The number of carbonyl (C=O) groups excluding carboxylic acids is 1. The van der Waals surface area contributed by atoms with Crippen molar-refractivity contribution >= 4 is 22.6 Å². The molecule has 2 aliphatic heterocycles. The third-order valence-electron chi connectivity index (χ3n) is 6.56. The number of aliphatic hydroxyl groups excluding tert-OH is 1. The van der Waals surface area contributed by atoms with Crippen LogP contribution in [0.2, 0.25) is 0 Å². The summed E-state index contributed by atoms with van der Waals surface area (Å²) in [4.78, 5) is 22.3. The summed E-state index contributed by atoms with van der Waals surface area (Å²) in [5.41, 5.74) is 2.09. The topological polar surface area (TPSA) is 109 Å². The van der Waals surface area contributed by atoms with Crippen molar-refractivity contribution in [3.05, 3.63) is 53.6 Å². The van der Waals surface area contributed by atoms with Gasteiger partial charge in [-0.3, -0.25) is 9.78 Å². The minimum atomic E-state index is -0.566. The number of anilines is 1. The molecule has 1 aromatic carbocycles. The molecule has 5 rings (SSSR count). The zero-order valence-electron chi connectivity index (χ0n) is 19.5. The van der Waals surface area contributed by atoms with Crippen LogP contribution in [0.3, 0.4) is 0 Å². The minimum absolute atomic E-state index is 0.00470. The van der Waals surface area contributed by atoms with E-state index < -0.39 is 6.10 Å². The number of rotatable bonds is 7. The van der Waals surface area contributed by atoms with Crippen LogP contribution in [0.15, 0.2) is 36.5 Å². The minimum Gasteiger partial charge on any atom is -0.497 e. The molecule has 3 N–H and O–H groups in total. The fraction of sp³-hybridized carbons (Fsp3) is 0.400. The highest BCUT2D eigenvalue weighted by molar-refractivity contribution is 5.94. The summed E-state index contributed by atoms with van der Waals surface area (Å²) in [5, 5.41) is 17.6. The van der Waals surface area contributed by atoms with Crippen molar-refractivity contribution in [3.63, 3.8) is 0 Å². The van der Waals surface area contributed by atoms with Gasteiger partial charge in [0.05, 0.1) is 30.6 Å². The molecule has 2 atom stereocenters. The van der Waals surface area contributed by atoms with E-state index >= 15 is 0 Å². The second-order valence-corrected chi connectivity index (χ2v) is 8.85. The number of methoxy groups -OCH3 is 1. The van der Waals surface area contributed by atoms with Gasteiger partial charge in [-0.1, -0.05) is 0 Å². The monoisotopic (exact) mass is 481 g/mol. The van der Waals surface area contributed by atoms with Crippen LogP contribution in [-0.4, -0.2) is 71.4 Å². The number of aromatic nitrogens is 2. The third kappa shape index (κ3) is 5.19. The van der Waals surface area contributed by atoms with Crippen LogP contribution in [0.25, 0.3) is 10.9 Å². The second-order valence-electron chi connectivity index (χ2n) is 8.85. The summed E-state index contributed by atoms with van der Waals surface area (Å²) in [7, 11) is 1.58. The van der Waals surface area contributed by atoms with Gasteiger partial charge in [-0.2, -0.15) is 0 Å². The molecule has 2 aromatic heterocycles. The average molecular weight is 482 g/mol. The van der Waals surface area contributed by atoms with Gasteiger partial charge in [-0.15, -0.1) is 0 Å². The highest BCUT2D eigenvalue weighted by Crippen LogP contribution is 2.27. The van der Waals surface area contributed by atoms with Crippen LogP contribution in [0.5, 0.6) is 11.5 Å². The number of halogens is 1. The van der Waals surface area contributed by atoms with Gasteiger partial charge in [0.2, 0.25) is 0 Å². The van der Waals surface area contributed by atoms with E-state index in [0.29, 0.717) is 48.9 Å². The molecule has 2 unspecified atom stereocenters. The van der Waals surface area contributed by atoms with Crippen molar-refractivity contribution in [2.75, 3.05) is 38.7 Å². The molecular formula is C25H28FN5O4. The molecule has 184 valence electrons. The lowest BCUT2D eigenvalue weighted by molar-refractivity contribution is -0.118. The van der Waals surface area contributed by atoms with E-state index in [4.69, 9.17) is 9.47 Å². The van der Waals surface area contributed by atoms with Crippen LogP contribution in [0.4, 0.5) is 10.2 Å². The Balaban J connectivity index is 1.16. The maximum absolute atomic E-state index is 14.6. The summed E-state index contributed by atoms with van der Waals surface area (Å²) in [6.45, 7) is 2.36. The normalized spacial score (nSPS) is 20.3. The Labute approximate surface area is 202 Å². The predicted octanol–water partition coefficient (Wildman–Crippen LogP) is 1.88. The maximum atomic E-state index is 14.6. The number of piperidine rings is 1. The summed E-state index contributed by atoms with van der Waals surface area (Å²) < 4.78 is 25.3. The SMILES string of the molecule is COc1ccc2ncc(F)c(CCN3CCC(NCc4ccc5c(n4)NC(=O)CO5)C(O)C3)c2c1. The number of carbonyl (C=O) groups is 1. The van der Waals surface area contributed by atoms with Gasteiger partial charge in [0.1, 0.15) is 11.6 Å². The van der Waals surface area contributed by atoms with E-state index in [1.165, 1.54) is 6.20 Å². The number of β-amino-alcohol motifs (C(OH)–C–C–N with tert-alkyl or cyclic N) is 1. The summed E-state index contributed by atoms with van der Waals surface area (Å²) >= 11 is 0. The number of ether oxygens (including phenoxy) is 2. The maximum Gasteiger partial charge on any atom is 0.263 e. The van der Waals surface area contributed by atoms with Gasteiger partial charge < -0.3 is 30.1 Å². The summed E-state index contributed by atoms with van der Waals surface area (Å²) in [6.07, 6.45) is 1.96. The van der Waals surface area contributed by atoms with Crippen LogP contribution < -0.4 is 20.1 Å². The fourth-order valence-electron chi connectivity index (χ4n) is 4.63. The first-order chi connectivity index (χ1) is 17.0. The molecule has 9 nitrogen and oxygen atoms in total. The van der Waals surface area contributed by atoms with E-state index in [1.54, 1.807) is 13.2 Å². The molecule has 0 bridgehead atoms. The molecule has 1 saturated heterocycles. The zero-order chi connectivity index (χ0) is 24.4. The Morgan fingerprint density at radius 1 is 1.34 bits per heavy atom. The van der Waals surface area contributed by atoms with Crippen molar-refractivity contribution in [1.82, 2.24) is 20.2 Å². The molecule has 3 aromatic rings. The largest absolute Gasteiger partial charge is 0.497 e. The van der Waals surface area contributed by atoms with Crippen LogP contribution in [-0.2, 0) is 17.8 Å². The van der Waals surface area contributed by atoms with Gasteiger partial charge in [-0.25, -0.2) is 9.37 Å². The lowest BCUT2D eigenvalue weighted by Crippen LogP contribution is -2.52. The standard InChI is InChI=1S/C25H28FN5O4/c1-34-16-3-4-20-18(10-16)17(19(26)12-28-20)6-8-31-9-7-21(22(32)13-31)27-11-15-2-5-23-25(29-15)30-24(33)14-35-23/h2-5,10,12,21-22,27,32H,6-9,11,13-14H2,1H3,(H,29,30,33). The number of amides is 1. The van der Waals surface area contributed by atoms with Crippen LogP contribution in [0, 0.1) is 5.82 Å². The number of nitrogens with one attached hydrogen (secondary N) is 2. The van der Waals surface area contributed by atoms with Gasteiger partial charge in [0.15, 0.2) is 18.2 Å². The van der Waals surface area contributed by atoms with Crippen molar-refractivity contribution in [1.29, 1.82) is 0 Å².